The number of hydrogen-bond donors (Lipinski definition) is 2. The van der Waals surface area contributed by atoms with Crippen molar-refractivity contribution in [1.29, 1.82) is 0 Å². The summed E-state index contributed by atoms with van der Waals surface area (Å²) in [6, 6.07) is 13.6. The van der Waals surface area contributed by atoms with Crippen molar-refractivity contribution in [3.63, 3.8) is 0 Å². The molecule has 0 saturated carbocycles. The van der Waals surface area contributed by atoms with Crippen LogP contribution in [0.1, 0.15) is 20.3 Å². The van der Waals surface area contributed by atoms with Crippen LogP contribution in [0.25, 0.3) is 22.2 Å². The van der Waals surface area contributed by atoms with Gasteiger partial charge in [-0.3, -0.25) is 5.32 Å². The zero-order valence-electron chi connectivity index (χ0n) is 19.0. The first-order chi connectivity index (χ1) is 16.1. The highest BCUT2D eigenvalue weighted by Crippen LogP contribution is 2.38. The molecule has 0 atom stereocenters. The maximum Gasteiger partial charge on any atom is 0.411 e. The number of imidazole rings is 1. The SMILES string of the molecule is CCOC(=O)Nc1cccc(-c2c(N)c3ccc(OCCCn4ccnc4)cc3n2CC)c1. The molecule has 0 saturated heterocycles. The summed E-state index contributed by atoms with van der Waals surface area (Å²) < 4.78 is 15.2. The molecule has 8 nitrogen and oxygen atoms in total. The Morgan fingerprint density at radius 1 is 1.18 bits per heavy atom. The van der Waals surface area contributed by atoms with Gasteiger partial charge in [-0.2, -0.15) is 0 Å². The maximum absolute atomic E-state index is 11.8. The minimum absolute atomic E-state index is 0.316. The number of rotatable bonds is 9. The normalized spacial score (nSPS) is 11.0. The Kier molecular flexibility index (Phi) is 6.83. The van der Waals surface area contributed by atoms with E-state index in [0.29, 0.717) is 24.6 Å². The Morgan fingerprint density at radius 3 is 2.82 bits per heavy atom. The molecule has 1 amide bonds. The number of carbonyl (C=O) groups is 1. The first-order valence-corrected chi connectivity index (χ1v) is 11.1. The highest BCUT2D eigenvalue weighted by Gasteiger charge is 2.17. The van der Waals surface area contributed by atoms with Gasteiger partial charge in [-0.05, 0) is 44.5 Å². The van der Waals surface area contributed by atoms with Crippen LogP contribution in [0.15, 0.2) is 61.2 Å². The van der Waals surface area contributed by atoms with E-state index in [-0.39, 0.29) is 0 Å². The number of carbonyl (C=O) groups excluding carboxylic acids is 1. The van der Waals surface area contributed by atoms with E-state index in [0.717, 1.165) is 47.4 Å². The van der Waals surface area contributed by atoms with Crippen molar-refractivity contribution in [2.24, 2.45) is 0 Å². The van der Waals surface area contributed by atoms with Crippen LogP contribution in [0.4, 0.5) is 16.2 Å². The molecule has 4 aromatic rings. The minimum atomic E-state index is -0.478. The smallest absolute Gasteiger partial charge is 0.411 e. The molecule has 172 valence electrons. The van der Waals surface area contributed by atoms with Crippen LogP contribution in [0.3, 0.4) is 0 Å². The minimum Gasteiger partial charge on any atom is -0.493 e. The van der Waals surface area contributed by atoms with Crippen molar-refractivity contribution < 1.29 is 14.3 Å². The Labute approximate surface area is 192 Å². The van der Waals surface area contributed by atoms with Gasteiger partial charge in [0.15, 0.2) is 0 Å². The fourth-order valence-electron chi connectivity index (χ4n) is 3.97. The van der Waals surface area contributed by atoms with Crippen LogP contribution >= 0.6 is 0 Å². The van der Waals surface area contributed by atoms with Crippen LogP contribution in [0, 0.1) is 0 Å². The number of nitrogens with one attached hydrogen (secondary N) is 1. The Hall–Kier alpha value is -3.94. The first kappa shape index (κ1) is 22.3. The van der Waals surface area contributed by atoms with Gasteiger partial charge >= 0.3 is 6.09 Å². The third-order valence-electron chi connectivity index (χ3n) is 5.44. The van der Waals surface area contributed by atoms with E-state index in [1.807, 2.05) is 59.6 Å². The summed E-state index contributed by atoms with van der Waals surface area (Å²) in [5, 5.41) is 3.73. The van der Waals surface area contributed by atoms with Crippen LogP contribution < -0.4 is 15.8 Å². The predicted octanol–water partition coefficient (Wildman–Crippen LogP) is 5.14. The fraction of sp³-hybridized carbons (Fsp3) is 0.280. The summed E-state index contributed by atoms with van der Waals surface area (Å²) in [5.74, 6) is 0.810. The zero-order chi connectivity index (χ0) is 23.2. The number of anilines is 2. The lowest BCUT2D eigenvalue weighted by Crippen LogP contribution is -2.13. The van der Waals surface area contributed by atoms with Crippen molar-refractivity contribution in [2.75, 3.05) is 24.3 Å². The van der Waals surface area contributed by atoms with Crippen molar-refractivity contribution in [3.8, 4) is 17.0 Å². The summed E-state index contributed by atoms with van der Waals surface area (Å²) in [7, 11) is 0. The number of ether oxygens (including phenoxy) is 2. The molecule has 8 heteroatoms. The Balaban J connectivity index is 1.57. The van der Waals surface area contributed by atoms with Gasteiger partial charge in [-0.15, -0.1) is 0 Å². The molecule has 2 heterocycles. The van der Waals surface area contributed by atoms with Crippen LogP contribution in [-0.4, -0.2) is 33.4 Å². The van der Waals surface area contributed by atoms with Crippen molar-refractivity contribution >= 4 is 28.4 Å². The summed E-state index contributed by atoms with van der Waals surface area (Å²) in [5.41, 5.74) is 10.8. The molecule has 0 aliphatic carbocycles. The molecule has 4 rings (SSSR count). The molecule has 0 bridgehead atoms. The van der Waals surface area contributed by atoms with Gasteiger partial charge in [0.25, 0.3) is 0 Å². The molecular formula is C25H29N5O3. The lowest BCUT2D eigenvalue weighted by Gasteiger charge is -2.12. The molecule has 0 fully saturated rings. The van der Waals surface area contributed by atoms with E-state index in [1.165, 1.54) is 0 Å². The molecule has 0 spiro atoms. The standard InChI is InChI=1S/C25H29N5O3/c1-3-30-22-16-20(33-14-6-12-29-13-11-27-17-29)9-10-21(22)23(26)24(30)18-7-5-8-19(15-18)28-25(31)32-4-2/h5,7-11,13,15-17H,3-4,6,12,14,26H2,1-2H3,(H,28,31). The second kappa shape index (κ2) is 10.1. The molecule has 0 aliphatic rings. The number of benzene rings is 2. The molecule has 0 radical (unpaired) electrons. The van der Waals surface area contributed by atoms with Crippen molar-refractivity contribution in [3.05, 3.63) is 61.2 Å². The number of nitrogen functional groups attached to an aromatic ring is 1. The quantitative estimate of drug-likeness (QED) is 0.346. The summed E-state index contributed by atoms with van der Waals surface area (Å²) in [6.07, 6.45) is 5.94. The Morgan fingerprint density at radius 2 is 2.06 bits per heavy atom. The average Bonchev–Trinajstić information content (AvgIpc) is 3.43. The highest BCUT2D eigenvalue weighted by molar-refractivity contribution is 6.02. The first-order valence-electron chi connectivity index (χ1n) is 11.1. The van der Waals surface area contributed by atoms with E-state index in [4.69, 9.17) is 15.2 Å². The third kappa shape index (κ3) is 4.95. The van der Waals surface area contributed by atoms with E-state index in [1.54, 1.807) is 13.1 Å². The maximum atomic E-state index is 11.8. The molecule has 0 unspecified atom stereocenters. The van der Waals surface area contributed by atoms with Crippen molar-refractivity contribution in [2.45, 2.75) is 33.4 Å². The monoisotopic (exact) mass is 447 g/mol. The summed E-state index contributed by atoms with van der Waals surface area (Å²) >= 11 is 0. The number of aromatic nitrogens is 3. The molecule has 2 aromatic carbocycles. The third-order valence-corrected chi connectivity index (χ3v) is 5.44. The van der Waals surface area contributed by atoms with Crippen LogP contribution in [0.5, 0.6) is 5.75 Å². The second-order valence-electron chi connectivity index (χ2n) is 7.61. The topological polar surface area (TPSA) is 96.3 Å². The van der Waals surface area contributed by atoms with E-state index in [2.05, 4.69) is 21.8 Å². The molecule has 33 heavy (non-hydrogen) atoms. The number of fused-ring (bicyclic) bond motifs is 1. The van der Waals surface area contributed by atoms with Crippen LogP contribution in [0.2, 0.25) is 0 Å². The molecular weight excluding hydrogens is 418 g/mol. The van der Waals surface area contributed by atoms with E-state index >= 15 is 0 Å². The average molecular weight is 448 g/mol. The number of aryl methyl sites for hydroxylation is 2. The number of nitrogens with zero attached hydrogens (tertiary/aromatic N) is 3. The fourth-order valence-corrected chi connectivity index (χ4v) is 3.97. The van der Waals surface area contributed by atoms with Crippen LogP contribution in [-0.2, 0) is 17.8 Å². The number of nitrogens with two attached hydrogens (primary N) is 1. The highest BCUT2D eigenvalue weighted by atomic mass is 16.5. The number of hydrogen-bond acceptors (Lipinski definition) is 5. The van der Waals surface area contributed by atoms with Gasteiger partial charge in [-0.25, -0.2) is 9.78 Å². The number of amides is 1. The van der Waals surface area contributed by atoms with Gasteiger partial charge in [-0.1, -0.05) is 12.1 Å². The van der Waals surface area contributed by atoms with Gasteiger partial charge in [0.2, 0.25) is 0 Å². The lowest BCUT2D eigenvalue weighted by molar-refractivity contribution is 0.168. The van der Waals surface area contributed by atoms with Gasteiger partial charge in [0, 0.05) is 48.2 Å². The lowest BCUT2D eigenvalue weighted by atomic mass is 10.1. The van der Waals surface area contributed by atoms with Gasteiger partial charge in [0.05, 0.1) is 36.4 Å². The largest absolute Gasteiger partial charge is 0.493 e. The zero-order valence-corrected chi connectivity index (χ0v) is 19.0. The molecule has 0 aliphatic heterocycles. The predicted molar refractivity (Wildman–Crippen MR) is 130 cm³/mol. The van der Waals surface area contributed by atoms with Crippen molar-refractivity contribution in [1.82, 2.24) is 14.1 Å². The van der Waals surface area contributed by atoms with Gasteiger partial charge < -0.3 is 24.3 Å². The summed E-state index contributed by atoms with van der Waals surface area (Å²) in [4.78, 5) is 15.9. The second-order valence-corrected chi connectivity index (χ2v) is 7.61. The van der Waals surface area contributed by atoms with E-state index in [9.17, 15) is 4.79 Å². The molecule has 2 aromatic heterocycles. The van der Waals surface area contributed by atoms with E-state index < -0.39 is 6.09 Å². The summed E-state index contributed by atoms with van der Waals surface area (Å²) in [6.45, 7) is 6.39. The Bertz CT molecular complexity index is 1230. The van der Waals surface area contributed by atoms with Gasteiger partial charge in [0.1, 0.15) is 5.75 Å². The molecule has 3 N–H and O–H groups in total.